The number of hydrogen-bond donors (Lipinski definition) is 2. The molecule has 0 fully saturated rings. The van der Waals surface area contributed by atoms with Gasteiger partial charge in [0.05, 0.1) is 17.7 Å². The number of methoxy groups -OCH3 is 1. The Hall–Kier alpha value is -2.91. The number of amides is 1. The summed E-state index contributed by atoms with van der Waals surface area (Å²) in [5.41, 5.74) is 0.667. The maximum Gasteiger partial charge on any atom is 0.262 e. The lowest BCUT2D eigenvalue weighted by Gasteiger charge is -2.12. The number of hydrogen-bond acceptors (Lipinski definition) is 6. The Morgan fingerprint density at radius 3 is 2.44 bits per heavy atom. The van der Waals surface area contributed by atoms with Crippen LogP contribution in [0.15, 0.2) is 59.6 Å². The molecule has 0 unspecified atom stereocenters. The zero-order chi connectivity index (χ0) is 19.4. The minimum atomic E-state index is -3.82. The van der Waals surface area contributed by atoms with E-state index in [1.807, 2.05) is 6.92 Å². The van der Waals surface area contributed by atoms with E-state index in [9.17, 15) is 13.2 Å². The fraction of sp³-hybridized carbons (Fsp3) is 0.111. The van der Waals surface area contributed by atoms with Gasteiger partial charge in [0.25, 0.3) is 15.9 Å². The topological polar surface area (TPSA) is 97.4 Å². The highest BCUT2D eigenvalue weighted by Gasteiger charge is 2.17. The molecule has 0 aliphatic heterocycles. The molecule has 9 heteroatoms. The first-order valence-electron chi connectivity index (χ1n) is 7.89. The number of rotatable bonds is 6. The molecule has 0 aliphatic carbocycles. The highest BCUT2D eigenvalue weighted by molar-refractivity contribution is 7.92. The van der Waals surface area contributed by atoms with Crippen molar-refractivity contribution >= 4 is 38.1 Å². The Labute approximate surface area is 161 Å². The van der Waals surface area contributed by atoms with Crippen LogP contribution in [-0.2, 0) is 10.0 Å². The molecule has 0 saturated heterocycles. The van der Waals surface area contributed by atoms with Crippen molar-refractivity contribution in [3.8, 4) is 5.75 Å². The van der Waals surface area contributed by atoms with Crippen LogP contribution in [0.5, 0.6) is 5.75 Å². The molecule has 140 valence electrons. The second-order valence-electron chi connectivity index (χ2n) is 5.56. The van der Waals surface area contributed by atoms with Gasteiger partial charge in [0.1, 0.15) is 5.75 Å². The van der Waals surface area contributed by atoms with E-state index in [1.165, 1.54) is 42.7 Å². The van der Waals surface area contributed by atoms with Crippen LogP contribution in [0.1, 0.15) is 15.2 Å². The van der Waals surface area contributed by atoms with E-state index < -0.39 is 10.0 Å². The van der Waals surface area contributed by atoms with Crippen molar-refractivity contribution in [2.75, 3.05) is 17.1 Å². The van der Waals surface area contributed by atoms with Crippen molar-refractivity contribution in [3.63, 3.8) is 0 Å². The molecular weight excluding hydrogens is 386 g/mol. The summed E-state index contributed by atoms with van der Waals surface area (Å²) < 4.78 is 32.8. The van der Waals surface area contributed by atoms with Crippen molar-refractivity contribution in [1.82, 2.24) is 4.98 Å². The van der Waals surface area contributed by atoms with E-state index in [2.05, 4.69) is 15.0 Å². The average Bonchev–Trinajstić information content (AvgIpc) is 3.06. The molecule has 2 N–H and O–H groups in total. The zero-order valence-electron chi connectivity index (χ0n) is 14.6. The van der Waals surface area contributed by atoms with Crippen molar-refractivity contribution in [2.24, 2.45) is 0 Å². The molecule has 0 bridgehead atoms. The predicted octanol–water partition coefficient (Wildman–Crippen LogP) is 3.51. The van der Waals surface area contributed by atoms with Crippen LogP contribution in [0.2, 0.25) is 0 Å². The Morgan fingerprint density at radius 2 is 1.81 bits per heavy atom. The number of sulfonamides is 1. The van der Waals surface area contributed by atoms with Gasteiger partial charge in [0, 0.05) is 16.6 Å². The first kappa shape index (κ1) is 18.9. The number of nitrogens with zero attached hydrogens (tertiary/aromatic N) is 1. The van der Waals surface area contributed by atoms with Gasteiger partial charge < -0.3 is 4.74 Å². The van der Waals surface area contributed by atoms with Gasteiger partial charge in [-0.1, -0.05) is 12.1 Å². The van der Waals surface area contributed by atoms with Gasteiger partial charge in [-0.25, -0.2) is 13.4 Å². The SMILES string of the molecule is COc1ccccc1NS(=O)(=O)c1ccc(C(=O)Nc2ncc(C)s2)cc1. The fourth-order valence-electron chi connectivity index (χ4n) is 2.30. The summed E-state index contributed by atoms with van der Waals surface area (Å²) in [4.78, 5) is 17.3. The molecule has 1 amide bonds. The molecule has 7 nitrogen and oxygen atoms in total. The second-order valence-corrected chi connectivity index (χ2v) is 8.48. The van der Waals surface area contributed by atoms with E-state index in [1.54, 1.807) is 30.5 Å². The number of carbonyl (C=O) groups is 1. The maximum atomic E-state index is 12.6. The molecule has 27 heavy (non-hydrogen) atoms. The molecule has 0 spiro atoms. The van der Waals surface area contributed by atoms with Crippen molar-refractivity contribution in [3.05, 3.63) is 65.2 Å². The van der Waals surface area contributed by atoms with Gasteiger partial charge in [0.15, 0.2) is 5.13 Å². The van der Waals surface area contributed by atoms with Crippen LogP contribution in [-0.4, -0.2) is 26.4 Å². The Balaban J connectivity index is 1.76. The summed E-state index contributed by atoms with van der Waals surface area (Å²) in [5, 5.41) is 3.17. The Morgan fingerprint density at radius 1 is 1.11 bits per heavy atom. The third-order valence-electron chi connectivity index (χ3n) is 3.62. The number of aromatic nitrogens is 1. The summed E-state index contributed by atoms with van der Waals surface area (Å²) in [5.74, 6) is 0.0572. The van der Waals surface area contributed by atoms with E-state index in [-0.39, 0.29) is 10.8 Å². The minimum Gasteiger partial charge on any atom is -0.495 e. The largest absolute Gasteiger partial charge is 0.495 e. The third kappa shape index (κ3) is 4.44. The van der Waals surface area contributed by atoms with Crippen LogP contribution in [0.3, 0.4) is 0 Å². The van der Waals surface area contributed by atoms with Crippen LogP contribution in [0.4, 0.5) is 10.8 Å². The van der Waals surface area contributed by atoms with E-state index in [4.69, 9.17) is 4.74 Å². The molecule has 1 heterocycles. The van der Waals surface area contributed by atoms with Gasteiger partial charge in [0.2, 0.25) is 0 Å². The Bertz CT molecular complexity index is 1060. The summed E-state index contributed by atoms with van der Waals surface area (Å²) in [6.07, 6.45) is 1.67. The standard InChI is InChI=1S/C18H17N3O4S2/c1-12-11-19-18(26-12)20-17(22)13-7-9-14(10-8-13)27(23,24)21-15-5-3-4-6-16(15)25-2/h3-11,21H,1-2H3,(H,19,20,22). The number of carbonyl (C=O) groups excluding carboxylic acids is 1. The zero-order valence-corrected chi connectivity index (χ0v) is 16.2. The van der Waals surface area contributed by atoms with Gasteiger partial charge in [-0.05, 0) is 43.3 Å². The van der Waals surface area contributed by atoms with Gasteiger partial charge in [-0.15, -0.1) is 11.3 Å². The molecule has 0 radical (unpaired) electrons. The summed E-state index contributed by atoms with van der Waals surface area (Å²) >= 11 is 1.36. The number of benzene rings is 2. The molecule has 3 rings (SSSR count). The number of aryl methyl sites for hydroxylation is 1. The maximum absolute atomic E-state index is 12.6. The van der Waals surface area contributed by atoms with E-state index in [0.717, 1.165) is 4.88 Å². The first-order chi connectivity index (χ1) is 12.9. The van der Waals surface area contributed by atoms with Crippen molar-refractivity contribution in [1.29, 1.82) is 0 Å². The highest BCUT2D eigenvalue weighted by atomic mass is 32.2. The normalized spacial score (nSPS) is 11.0. The predicted molar refractivity (Wildman–Crippen MR) is 105 cm³/mol. The lowest BCUT2D eigenvalue weighted by atomic mass is 10.2. The number of nitrogens with one attached hydrogen (secondary N) is 2. The van der Waals surface area contributed by atoms with Crippen LogP contribution in [0.25, 0.3) is 0 Å². The average molecular weight is 403 g/mol. The quantitative estimate of drug-likeness (QED) is 0.656. The van der Waals surface area contributed by atoms with Crippen molar-refractivity contribution < 1.29 is 17.9 Å². The smallest absolute Gasteiger partial charge is 0.262 e. The van der Waals surface area contributed by atoms with Gasteiger partial charge in [-0.2, -0.15) is 0 Å². The van der Waals surface area contributed by atoms with Crippen LogP contribution >= 0.6 is 11.3 Å². The molecule has 0 aliphatic rings. The van der Waals surface area contributed by atoms with Gasteiger partial charge in [-0.3, -0.25) is 14.8 Å². The molecule has 2 aromatic carbocycles. The number of para-hydroxylation sites is 2. The fourth-order valence-corrected chi connectivity index (χ4v) is 4.03. The van der Waals surface area contributed by atoms with E-state index >= 15 is 0 Å². The molecular formula is C18H17N3O4S2. The monoisotopic (exact) mass is 403 g/mol. The van der Waals surface area contributed by atoms with Crippen LogP contribution in [0, 0.1) is 6.92 Å². The number of thiazole rings is 1. The molecule has 0 atom stereocenters. The third-order valence-corrected chi connectivity index (χ3v) is 5.83. The highest BCUT2D eigenvalue weighted by Crippen LogP contribution is 2.26. The number of ether oxygens (including phenoxy) is 1. The minimum absolute atomic E-state index is 0.0371. The first-order valence-corrected chi connectivity index (χ1v) is 10.2. The van der Waals surface area contributed by atoms with Crippen LogP contribution < -0.4 is 14.8 Å². The Kier molecular flexibility index (Phi) is 5.43. The van der Waals surface area contributed by atoms with E-state index in [0.29, 0.717) is 22.1 Å². The summed E-state index contributed by atoms with van der Waals surface area (Å²) in [7, 11) is -2.35. The van der Waals surface area contributed by atoms with Crippen molar-refractivity contribution in [2.45, 2.75) is 11.8 Å². The summed E-state index contributed by atoms with van der Waals surface area (Å²) in [6.45, 7) is 1.89. The molecule has 0 saturated carbocycles. The molecule has 3 aromatic rings. The molecule has 1 aromatic heterocycles. The number of anilines is 2. The van der Waals surface area contributed by atoms with Gasteiger partial charge >= 0.3 is 0 Å². The lowest BCUT2D eigenvalue weighted by Crippen LogP contribution is -2.15. The lowest BCUT2D eigenvalue weighted by molar-refractivity contribution is 0.102. The summed E-state index contributed by atoms with van der Waals surface area (Å²) in [6, 6.07) is 12.4. The second kappa shape index (κ2) is 7.77.